The average molecular weight is 377 g/mol. The topological polar surface area (TPSA) is 74.3 Å². The van der Waals surface area contributed by atoms with E-state index in [0.29, 0.717) is 16.5 Å². The number of piperidine rings is 1. The van der Waals surface area contributed by atoms with Crippen LogP contribution in [0.1, 0.15) is 43.5 Å². The summed E-state index contributed by atoms with van der Waals surface area (Å²) in [7, 11) is 0. The van der Waals surface area contributed by atoms with E-state index in [9.17, 15) is 9.59 Å². The summed E-state index contributed by atoms with van der Waals surface area (Å²) in [5.41, 5.74) is 0.560. The second-order valence-electron chi connectivity index (χ2n) is 7.20. The van der Waals surface area contributed by atoms with E-state index in [4.69, 9.17) is 0 Å². The molecule has 0 radical (unpaired) electrons. The maximum absolute atomic E-state index is 12.8. The molecule has 2 amide bonds. The SMILES string of the molecule is CC(Sc1ncccc1C(=O)NC1CCNCC1C)C(=O)N1CCCC1. The van der Waals surface area contributed by atoms with Crippen molar-refractivity contribution in [3.8, 4) is 0 Å². The number of carbonyl (C=O) groups excluding carboxylic acids is 2. The van der Waals surface area contributed by atoms with Gasteiger partial charge < -0.3 is 15.5 Å². The van der Waals surface area contributed by atoms with Crippen LogP contribution < -0.4 is 10.6 Å². The second kappa shape index (κ2) is 8.86. The van der Waals surface area contributed by atoms with Gasteiger partial charge in [0, 0.05) is 25.3 Å². The van der Waals surface area contributed by atoms with Crippen LogP contribution in [-0.2, 0) is 4.79 Å². The Bertz CT molecular complexity index is 648. The molecule has 1 aromatic rings. The number of hydrogen-bond acceptors (Lipinski definition) is 5. The van der Waals surface area contributed by atoms with Crippen molar-refractivity contribution in [2.45, 2.75) is 49.4 Å². The number of hydrogen-bond donors (Lipinski definition) is 2. The lowest BCUT2D eigenvalue weighted by Gasteiger charge is -2.30. The van der Waals surface area contributed by atoms with Crippen LogP contribution in [0.3, 0.4) is 0 Å². The van der Waals surface area contributed by atoms with Crippen molar-refractivity contribution in [2.75, 3.05) is 26.2 Å². The predicted octanol–water partition coefficient (Wildman–Crippen LogP) is 1.91. The Morgan fingerprint density at radius 1 is 1.38 bits per heavy atom. The molecule has 7 heteroatoms. The fourth-order valence-corrected chi connectivity index (χ4v) is 4.54. The summed E-state index contributed by atoms with van der Waals surface area (Å²) in [5, 5.41) is 6.89. The van der Waals surface area contributed by atoms with Gasteiger partial charge in [0.25, 0.3) is 5.91 Å². The highest BCUT2D eigenvalue weighted by Gasteiger charge is 2.27. The van der Waals surface area contributed by atoms with Crippen LogP contribution in [0, 0.1) is 5.92 Å². The predicted molar refractivity (Wildman–Crippen MR) is 103 cm³/mol. The number of aromatic nitrogens is 1. The number of amides is 2. The quantitative estimate of drug-likeness (QED) is 0.768. The Morgan fingerprint density at radius 3 is 2.88 bits per heavy atom. The van der Waals surface area contributed by atoms with Gasteiger partial charge in [-0.1, -0.05) is 18.7 Å². The molecule has 1 aromatic heterocycles. The molecule has 0 spiro atoms. The Morgan fingerprint density at radius 2 is 2.15 bits per heavy atom. The van der Waals surface area contributed by atoms with Gasteiger partial charge in [0.2, 0.25) is 5.91 Å². The standard InChI is InChI=1S/C19H28N4O2S/c1-13-12-20-9-7-16(13)22-17(24)15-6-5-8-21-18(15)26-14(2)19(25)23-10-3-4-11-23/h5-6,8,13-14,16,20H,3-4,7,9-12H2,1-2H3,(H,22,24). The number of nitrogens with one attached hydrogen (secondary N) is 2. The van der Waals surface area contributed by atoms with Crippen LogP contribution in [0.2, 0.25) is 0 Å². The third-order valence-corrected chi connectivity index (χ3v) is 6.28. The molecule has 3 rings (SSSR count). The molecular weight excluding hydrogens is 348 g/mol. The van der Waals surface area contributed by atoms with Gasteiger partial charge in [0.05, 0.1) is 10.8 Å². The fraction of sp³-hybridized carbons (Fsp3) is 0.632. The molecule has 3 atom stereocenters. The molecule has 0 aromatic carbocycles. The minimum atomic E-state index is -0.243. The Balaban J connectivity index is 1.67. The molecule has 26 heavy (non-hydrogen) atoms. The first-order valence-electron chi connectivity index (χ1n) is 9.48. The van der Waals surface area contributed by atoms with Crippen molar-refractivity contribution < 1.29 is 9.59 Å². The molecule has 0 aliphatic carbocycles. The summed E-state index contributed by atoms with van der Waals surface area (Å²) in [6.07, 6.45) is 4.77. The molecular formula is C19H28N4O2S. The van der Waals surface area contributed by atoms with Crippen LogP contribution in [0.5, 0.6) is 0 Å². The van der Waals surface area contributed by atoms with Gasteiger partial charge >= 0.3 is 0 Å². The summed E-state index contributed by atoms with van der Waals surface area (Å²) in [5.74, 6) is 0.438. The zero-order valence-electron chi connectivity index (χ0n) is 15.5. The number of thioether (sulfide) groups is 1. The van der Waals surface area contributed by atoms with E-state index in [2.05, 4.69) is 22.5 Å². The number of rotatable bonds is 5. The number of nitrogens with zero attached hydrogens (tertiary/aromatic N) is 2. The highest BCUT2D eigenvalue weighted by Crippen LogP contribution is 2.27. The van der Waals surface area contributed by atoms with E-state index in [1.54, 1.807) is 18.3 Å². The molecule has 3 unspecified atom stereocenters. The molecule has 2 N–H and O–H groups in total. The first-order chi connectivity index (χ1) is 12.6. The largest absolute Gasteiger partial charge is 0.349 e. The summed E-state index contributed by atoms with van der Waals surface area (Å²) < 4.78 is 0. The number of pyridine rings is 1. The summed E-state index contributed by atoms with van der Waals surface area (Å²) in [6, 6.07) is 3.74. The van der Waals surface area contributed by atoms with E-state index >= 15 is 0 Å². The fourth-order valence-electron chi connectivity index (χ4n) is 3.54. The highest BCUT2D eigenvalue weighted by atomic mass is 32.2. The van der Waals surface area contributed by atoms with E-state index in [1.807, 2.05) is 11.8 Å². The van der Waals surface area contributed by atoms with Crippen molar-refractivity contribution >= 4 is 23.6 Å². The molecule has 3 heterocycles. The van der Waals surface area contributed by atoms with Crippen molar-refractivity contribution in [3.05, 3.63) is 23.9 Å². The molecule has 2 aliphatic heterocycles. The van der Waals surface area contributed by atoms with Crippen molar-refractivity contribution in [3.63, 3.8) is 0 Å². The minimum absolute atomic E-state index is 0.0971. The zero-order valence-corrected chi connectivity index (χ0v) is 16.3. The summed E-state index contributed by atoms with van der Waals surface area (Å²) in [4.78, 5) is 31.7. The van der Waals surface area contributed by atoms with Crippen LogP contribution in [-0.4, -0.2) is 59.2 Å². The molecule has 2 aliphatic rings. The van der Waals surface area contributed by atoms with Gasteiger partial charge in [-0.15, -0.1) is 0 Å². The average Bonchev–Trinajstić information content (AvgIpc) is 3.18. The zero-order chi connectivity index (χ0) is 18.5. The normalized spacial score (nSPS) is 24.3. The van der Waals surface area contributed by atoms with Crippen LogP contribution in [0.15, 0.2) is 23.4 Å². The van der Waals surface area contributed by atoms with Gasteiger partial charge in [0.15, 0.2) is 0 Å². The molecule has 2 saturated heterocycles. The lowest BCUT2D eigenvalue weighted by molar-refractivity contribution is -0.129. The summed E-state index contributed by atoms with van der Waals surface area (Å²) >= 11 is 1.38. The monoisotopic (exact) mass is 376 g/mol. The van der Waals surface area contributed by atoms with Crippen molar-refractivity contribution in [1.82, 2.24) is 20.5 Å². The Kier molecular flexibility index (Phi) is 6.53. The Hall–Kier alpha value is -1.60. The molecule has 6 nitrogen and oxygen atoms in total. The van der Waals surface area contributed by atoms with E-state index < -0.39 is 0 Å². The van der Waals surface area contributed by atoms with Crippen molar-refractivity contribution in [1.29, 1.82) is 0 Å². The van der Waals surface area contributed by atoms with Crippen LogP contribution in [0.4, 0.5) is 0 Å². The van der Waals surface area contributed by atoms with Gasteiger partial charge in [0.1, 0.15) is 5.03 Å². The lowest BCUT2D eigenvalue weighted by Crippen LogP contribution is -2.48. The van der Waals surface area contributed by atoms with E-state index in [0.717, 1.165) is 45.4 Å². The molecule has 2 fully saturated rings. The van der Waals surface area contributed by atoms with Crippen molar-refractivity contribution in [2.24, 2.45) is 5.92 Å². The van der Waals surface area contributed by atoms with Crippen LogP contribution >= 0.6 is 11.8 Å². The second-order valence-corrected chi connectivity index (χ2v) is 8.53. The minimum Gasteiger partial charge on any atom is -0.349 e. The van der Waals surface area contributed by atoms with Gasteiger partial charge in [-0.3, -0.25) is 9.59 Å². The van der Waals surface area contributed by atoms with E-state index in [-0.39, 0.29) is 23.1 Å². The maximum Gasteiger partial charge on any atom is 0.254 e. The van der Waals surface area contributed by atoms with Crippen LogP contribution in [0.25, 0.3) is 0 Å². The maximum atomic E-state index is 12.8. The highest BCUT2D eigenvalue weighted by molar-refractivity contribution is 8.00. The summed E-state index contributed by atoms with van der Waals surface area (Å²) in [6.45, 7) is 7.56. The molecule has 0 bridgehead atoms. The lowest BCUT2D eigenvalue weighted by atomic mass is 9.95. The smallest absolute Gasteiger partial charge is 0.254 e. The third-order valence-electron chi connectivity index (χ3n) is 5.17. The molecule has 0 saturated carbocycles. The van der Waals surface area contributed by atoms with Gasteiger partial charge in [-0.25, -0.2) is 4.98 Å². The van der Waals surface area contributed by atoms with E-state index in [1.165, 1.54) is 11.8 Å². The first-order valence-corrected chi connectivity index (χ1v) is 10.4. The van der Waals surface area contributed by atoms with Gasteiger partial charge in [-0.05, 0) is 57.3 Å². The van der Waals surface area contributed by atoms with Gasteiger partial charge in [-0.2, -0.15) is 0 Å². The number of carbonyl (C=O) groups is 2. The molecule has 142 valence electrons. The Labute approximate surface area is 159 Å². The first kappa shape index (κ1) is 19.2. The third kappa shape index (κ3) is 4.57. The number of likely N-dealkylation sites (tertiary alicyclic amines) is 1.